The van der Waals surface area contributed by atoms with Crippen molar-refractivity contribution in [2.45, 2.75) is 58.8 Å². The van der Waals surface area contributed by atoms with E-state index in [1.807, 2.05) is 0 Å². The molecule has 0 unspecified atom stereocenters. The number of aryl methyl sites for hydroxylation is 1. The molecular formula is C21H26. The summed E-state index contributed by atoms with van der Waals surface area (Å²) in [5, 5.41) is 0. The van der Waals surface area contributed by atoms with E-state index in [-0.39, 0.29) is 0 Å². The topological polar surface area (TPSA) is 0 Å². The maximum absolute atomic E-state index is 2.40. The first-order valence-corrected chi connectivity index (χ1v) is 8.57. The molecular weight excluding hydrogens is 252 g/mol. The molecule has 0 heteroatoms. The molecule has 0 nitrogen and oxygen atoms in total. The molecule has 0 saturated carbocycles. The monoisotopic (exact) mass is 278 g/mol. The smallest absolute Gasteiger partial charge is 0.00106 e. The normalized spacial score (nSPS) is 12.3. The van der Waals surface area contributed by atoms with Crippen molar-refractivity contribution in [3.05, 3.63) is 58.7 Å². The van der Waals surface area contributed by atoms with Crippen LogP contribution in [0.4, 0.5) is 0 Å². The van der Waals surface area contributed by atoms with Gasteiger partial charge in [0.25, 0.3) is 0 Å². The molecule has 2 aromatic carbocycles. The van der Waals surface area contributed by atoms with Crippen molar-refractivity contribution in [2.75, 3.05) is 0 Å². The van der Waals surface area contributed by atoms with E-state index in [4.69, 9.17) is 0 Å². The Morgan fingerprint density at radius 3 is 2.38 bits per heavy atom. The van der Waals surface area contributed by atoms with E-state index in [1.54, 1.807) is 16.7 Å². The maximum atomic E-state index is 2.40. The van der Waals surface area contributed by atoms with Gasteiger partial charge in [-0.1, -0.05) is 63.1 Å². The highest BCUT2D eigenvalue weighted by Gasteiger charge is 2.22. The standard InChI is InChI=1S/C21H26/c1-3-5-9-16-13-14-20-19-12-8-7-10-17(19)15-21(20)18(16)11-6-4-2/h7-8,10,12-14H,3-6,9,11,15H2,1-2H3. The predicted octanol–water partition coefficient (Wildman–Crippen LogP) is 5.94. The lowest BCUT2D eigenvalue weighted by molar-refractivity contribution is 0.753. The summed E-state index contributed by atoms with van der Waals surface area (Å²) in [6, 6.07) is 13.7. The molecule has 0 amide bonds. The Morgan fingerprint density at radius 2 is 1.57 bits per heavy atom. The van der Waals surface area contributed by atoms with Crippen LogP contribution >= 0.6 is 0 Å². The minimum atomic E-state index is 1.14. The Hall–Kier alpha value is -1.56. The lowest BCUT2D eigenvalue weighted by Gasteiger charge is -2.15. The summed E-state index contributed by atoms with van der Waals surface area (Å²) in [5.41, 5.74) is 9.37. The Balaban J connectivity index is 2.02. The molecule has 1 aliphatic rings. The Labute approximate surface area is 129 Å². The van der Waals surface area contributed by atoms with Crippen molar-refractivity contribution >= 4 is 0 Å². The molecule has 0 fully saturated rings. The third-order valence-electron chi connectivity index (χ3n) is 4.78. The number of rotatable bonds is 6. The third-order valence-corrected chi connectivity index (χ3v) is 4.78. The molecule has 0 atom stereocenters. The van der Waals surface area contributed by atoms with Gasteiger partial charge in [-0.05, 0) is 65.5 Å². The first-order chi connectivity index (χ1) is 10.3. The van der Waals surface area contributed by atoms with Crippen LogP contribution in [0.2, 0.25) is 0 Å². The van der Waals surface area contributed by atoms with Crippen LogP contribution < -0.4 is 0 Å². The third kappa shape index (κ3) is 2.77. The second-order valence-corrected chi connectivity index (χ2v) is 6.27. The summed E-state index contributed by atoms with van der Waals surface area (Å²) >= 11 is 0. The van der Waals surface area contributed by atoms with Crippen LogP contribution in [0.3, 0.4) is 0 Å². The Morgan fingerprint density at radius 1 is 0.810 bits per heavy atom. The van der Waals surface area contributed by atoms with Crippen LogP contribution in [-0.2, 0) is 19.3 Å². The summed E-state index contributed by atoms with van der Waals surface area (Å²) in [5.74, 6) is 0. The minimum Gasteiger partial charge on any atom is -0.0654 e. The fourth-order valence-electron chi connectivity index (χ4n) is 3.59. The van der Waals surface area contributed by atoms with E-state index in [9.17, 15) is 0 Å². The van der Waals surface area contributed by atoms with E-state index >= 15 is 0 Å². The molecule has 0 saturated heterocycles. The summed E-state index contributed by atoms with van der Waals surface area (Å²) in [6.07, 6.45) is 8.83. The number of benzene rings is 2. The van der Waals surface area contributed by atoms with E-state index in [0.29, 0.717) is 0 Å². The minimum absolute atomic E-state index is 1.14. The van der Waals surface area contributed by atoms with Gasteiger partial charge in [-0.3, -0.25) is 0 Å². The number of unbranched alkanes of at least 4 members (excludes halogenated alkanes) is 2. The number of hydrogen-bond acceptors (Lipinski definition) is 0. The molecule has 0 heterocycles. The van der Waals surface area contributed by atoms with Gasteiger partial charge in [0.05, 0.1) is 0 Å². The number of fused-ring (bicyclic) bond motifs is 3. The molecule has 0 bridgehead atoms. The second-order valence-electron chi connectivity index (χ2n) is 6.27. The average Bonchev–Trinajstić information content (AvgIpc) is 2.90. The van der Waals surface area contributed by atoms with Gasteiger partial charge in [0.15, 0.2) is 0 Å². The molecule has 1 aliphatic carbocycles. The van der Waals surface area contributed by atoms with Crippen molar-refractivity contribution in [1.29, 1.82) is 0 Å². The summed E-state index contributed by atoms with van der Waals surface area (Å²) < 4.78 is 0. The molecule has 0 aromatic heterocycles. The van der Waals surface area contributed by atoms with Crippen LogP contribution in [0.15, 0.2) is 36.4 Å². The van der Waals surface area contributed by atoms with Crippen LogP contribution in [0.25, 0.3) is 11.1 Å². The molecule has 0 N–H and O–H groups in total. The van der Waals surface area contributed by atoms with Crippen LogP contribution in [0, 0.1) is 0 Å². The maximum Gasteiger partial charge on any atom is -0.00106 e. The second kappa shape index (κ2) is 6.47. The van der Waals surface area contributed by atoms with Crippen LogP contribution in [0.5, 0.6) is 0 Å². The van der Waals surface area contributed by atoms with Crippen molar-refractivity contribution < 1.29 is 0 Å². The van der Waals surface area contributed by atoms with Crippen LogP contribution in [0.1, 0.15) is 61.8 Å². The Kier molecular flexibility index (Phi) is 4.43. The zero-order chi connectivity index (χ0) is 14.7. The first kappa shape index (κ1) is 14.4. The molecule has 110 valence electrons. The van der Waals surface area contributed by atoms with E-state index in [2.05, 4.69) is 50.2 Å². The van der Waals surface area contributed by atoms with Crippen molar-refractivity contribution in [3.8, 4) is 11.1 Å². The van der Waals surface area contributed by atoms with Gasteiger partial charge >= 0.3 is 0 Å². The van der Waals surface area contributed by atoms with Crippen molar-refractivity contribution in [2.24, 2.45) is 0 Å². The lowest BCUT2D eigenvalue weighted by Crippen LogP contribution is -2.00. The Bertz CT molecular complexity index is 622. The fraction of sp³-hybridized carbons (Fsp3) is 0.429. The van der Waals surface area contributed by atoms with E-state index < -0.39 is 0 Å². The average molecular weight is 278 g/mol. The highest BCUT2D eigenvalue weighted by molar-refractivity contribution is 5.78. The highest BCUT2D eigenvalue weighted by atomic mass is 14.3. The van der Waals surface area contributed by atoms with Gasteiger partial charge in [-0.25, -0.2) is 0 Å². The molecule has 2 aromatic rings. The van der Waals surface area contributed by atoms with Gasteiger partial charge in [-0.2, -0.15) is 0 Å². The summed E-state index contributed by atoms with van der Waals surface area (Å²) in [4.78, 5) is 0. The lowest BCUT2D eigenvalue weighted by atomic mass is 9.90. The number of hydrogen-bond donors (Lipinski definition) is 0. The summed E-state index contributed by atoms with van der Waals surface area (Å²) in [7, 11) is 0. The van der Waals surface area contributed by atoms with Gasteiger partial charge in [0.1, 0.15) is 0 Å². The predicted molar refractivity (Wildman–Crippen MR) is 91.9 cm³/mol. The molecule has 0 radical (unpaired) electrons. The van der Waals surface area contributed by atoms with Gasteiger partial charge in [-0.15, -0.1) is 0 Å². The largest absolute Gasteiger partial charge is 0.0654 e. The molecule has 3 rings (SSSR count). The quantitative estimate of drug-likeness (QED) is 0.523. The van der Waals surface area contributed by atoms with Crippen molar-refractivity contribution in [1.82, 2.24) is 0 Å². The molecule has 0 spiro atoms. The SMILES string of the molecule is CCCCc1ccc2c(c1CCCC)Cc1ccccc1-2. The molecule has 0 aliphatic heterocycles. The first-order valence-electron chi connectivity index (χ1n) is 8.57. The highest BCUT2D eigenvalue weighted by Crippen LogP contribution is 2.40. The van der Waals surface area contributed by atoms with Gasteiger partial charge in [0.2, 0.25) is 0 Å². The molecule has 21 heavy (non-hydrogen) atoms. The van der Waals surface area contributed by atoms with E-state index in [1.165, 1.54) is 55.2 Å². The zero-order valence-electron chi connectivity index (χ0n) is 13.4. The summed E-state index contributed by atoms with van der Waals surface area (Å²) in [6.45, 7) is 4.58. The fourth-order valence-corrected chi connectivity index (χ4v) is 3.59. The van der Waals surface area contributed by atoms with Gasteiger partial charge < -0.3 is 0 Å². The van der Waals surface area contributed by atoms with Gasteiger partial charge in [0, 0.05) is 0 Å². The van der Waals surface area contributed by atoms with Crippen LogP contribution in [-0.4, -0.2) is 0 Å². The van der Waals surface area contributed by atoms with Crippen molar-refractivity contribution in [3.63, 3.8) is 0 Å². The zero-order valence-corrected chi connectivity index (χ0v) is 13.4. The van der Waals surface area contributed by atoms with E-state index in [0.717, 1.165) is 6.42 Å².